The molecule has 0 saturated carbocycles. The van der Waals surface area contributed by atoms with Crippen LogP contribution in [-0.2, 0) is 4.79 Å². The van der Waals surface area contributed by atoms with E-state index in [0.717, 1.165) is 11.3 Å². The van der Waals surface area contributed by atoms with Gasteiger partial charge in [-0.2, -0.15) is 5.10 Å². The summed E-state index contributed by atoms with van der Waals surface area (Å²) in [6, 6.07) is 1.61. The number of carbonyl (C=O) groups is 1. The minimum absolute atomic E-state index is 0.142. The molecule has 0 spiro atoms. The lowest BCUT2D eigenvalue weighted by Gasteiger charge is -2.03. The lowest BCUT2D eigenvalue weighted by atomic mass is 10.3. The van der Waals surface area contributed by atoms with Crippen molar-refractivity contribution in [3.05, 3.63) is 23.1 Å². The molecule has 0 saturated heterocycles. The van der Waals surface area contributed by atoms with Gasteiger partial charge in [-0.1, -0.05) is 0 Å². The van der Waals surface area contributed by atoms with Crippen LogP contribution in [0.4, 0.5) is 5.82 Å². The van der Waals surface area contributed by atoms with Gasteiger partial charge in [0.2, 0.25) is 0 Å². The maximum Gasteiger partial charge on any atom is 0.263 e. The van der Waals surface area contributed by atoms with Crippen LogP contribution in [0.5, 0.6) is 5.88 Å². The highest BCUT2D eigenvalue weighted by Crippen LogP contribution is 2.14. The standard InChI is InChI=1S/C11H14N4O3/c1-6-4-10(15-18-6)17-5-9(16)12-11-7(2)8(3)13-14-11/h4H,5H2,1-3H3,(H2,12,13,14,16). The molecule has 2 aromatic heterocycles. The van der Waals surface area contributed by atoms with Gasteiger partial charge in [0.05, 0.1) is 0 Å². The lowest BCUT2D eigenvalue weighted by Crippen LogP contribution is -2.20. The van der Waals surface area contributed by atoms with E-state index in [-0.39, 0.29) is 18.4 Å². The molecule has 0 atom stereocenters. The van der Waals surface area contributed by atoms with Crippen LogP contribution in [-0.4, -0.2) is 27.9 Å². The summed E-state index contributed by atoms with van der Waals surface area (Å²) in [6.45, 7) is 5.36. The van der Waals surface area contributed by atoms with Crippen LogP contribution in [0, 0.1) is 20.8 Å². The number of aromatic nitrogens is 3. The monoisotopic (exact) mass is 250 g/mol. The molecule has 0 aliphatic heterocycles. The van der Waals surface area contributed by atoms with Gasteiger partial charge >= 0.3 is 0 Å². The molecule has 0 fully saturated rings. The average molecular weight is 250 g/mol. The van der Waals surface area contributed by atoms with Crippen molar-refractivity contribution in [3.8, 4) is 5.88 Å². The van der Waals surface area contributed by atoms with Crippen LogP contribution < -0.4 is 10.1 Å². The molecule has 2 rings (SSSR count). The molecule has 18 heavy (non-hydrogen) atoms. The van der Waals surface area contributed by atoms with E-state index in [1.807, 2.05) is 13.8 Å². The molecule has 2 N–H and O–H groups in total. The Morgan fingerprint density at radius 2 is 2.28 bits per heavy atom. The summed E-state index contributed by atoms with van der Waals surface area (Å²) in [5.74, 6) is 1.13. The molecule has 0 bridgehead atoms. The largest absolute Gasteiger partial charge is 0.465 e. The number of anilines is 1. The lowest BCUT2D eigenvalue weighted by molar-refractivity contribution is -0.118. The van der Waals surface area contributed by atoms with E-state index in [1.165, 1.54) is 0 Å². The predicted octanol–water partition coefficient (Wildman–Crippen LogP) is 1.34. The third-order valence-corrected chi connectivity index (χ3v) is 2.47. The Kier molecular flexibility index (Phi) is 3.31. The second-order valence-corrected chi connectivity index (χ2v) is 3.93. The number of aromatic amines is 1. The second kappa shape index (κ2) is 4.91. The van der Waals surface area contributed by atoms with Gasteiger partial charge in [0, 0.05) is 17.3 Å². The summed E-state index contributed by atoms with van der Waals surface area (Å²) in [7, 11) is 0. The number of nitrogens with zero attached hydrogens (tertiary/aromatic N) is 2. The molecule has 0 aliphatic carbocycles. The molecule has 2 heterocycles. The van der Waals surface area contributed by atoms with E-state index in [2.05, 4.69) is 20.7 Å². The van der Waals surface area contributed by atoms with Crippen LogP contribution in [0.3, 0.4) is 0 Å². The van der Waals surface area contributed by atoms with E-state index < -0.39 is 0 Å². The number of rotatable bonds is 4. The van der Waals surface area contributed by atoms with Gasteiger partial charge in [0.1, 0.15) is 5.76 Å². The summed E-state index contributed by atoms with van der Waals surface area (Å²) < 4.78 is 9.97. The fraction of sp³-hybridized carbons (Fsp3) is 0.364. The van der Waals surface area contributed by atoms with Crippen molar-refractivity contribution in [2.45, 2.75) is 20.8 Å². The summed E-state index contributed by atoms with van der Waals surface area (Å²) in [4.78, 5) is 11.6. The molecule has 96 valence electrons. The number of aryl methyl sites for hydroxylation is 2. The van der Waals surface area contributed by atoms with Crippen molar-refractivity contribution in [1.82, 2.24) is 15.4 Å². The molecule has 7 nitrogen and oxygen atoms in total. The van der Waals surface area contributed by atoms with E-state index in [9.17, 15) is 4.79 Å². The first kappa shape index (κ1) is 12.2. The van der Waals surface area contributed by atoms with Gasteiger partial charge in [0.25, 0.3) is 11.8 Å². The van der Waals surface area contributed by atoms with Crippen LogP contribution in [0.2, 0.25) is 0 Å². The van der Waals surface area contributed by atoms with Gasteiger partial charge in [-0.3, -0.25) is 9.89 Å². The predicted molar refractivity (Wildman–Crippen MR) is 63.4 cm³/mol. The van der Waals surface area contributed by atoms with Crippen molar-refractivity contribution in [2.75, 3.05) is 11.9 Å². The van der Waals surface area contributed by atoms with Gasteiger partial charge in [-0.25, -0.2) is 0 Å². The smallest absolute Gasteiger partial charge is 0.263 e. The summed E-state index contributed by atoms with van der Waals surface area (Å²) in [5.41, 5.74) is 1.82. The molecule has 7 heteroatoms. The van der Waals surface area contributed by atoms with Crippen molar-refractivity contribution in [1.29, 1.82) is 0 Å². The number of nitrogens with one attached hydrogen (secondary N) is 2. The first-order valence-corrected chi connectivity index (χ1v) is 5.44. The maximum atomic E-state index is 11.6. The number of ether oxygens (including phenoxy) is 1. The van der Waals surface area contributed by atoms with Gasteiger partial charge in [-0.05, 0) is 25.9 Å². The Hall–Kier alpha value is -2.31. The third kappa shape index (κ3) is 2.68. The molecular formula is C11H14N4O3. The van der Waals surface area contributed by atoms with Crippen molar-refractivity contribution in [2.24, 2.45) is 0 Å². The number of carbonyl (C=O) groups excluding carboxylic acids is 1. The molecule has 1 amide bonds. The molecule has 0 unspecified atom stereocenters. The highest BCUT2D eigenvalue weighted by Gasteiger charge is 2.10. The maximum absolute atomic E-state index is 11.6. The normalized spacial score (nSPS) is 10.4. The summed E-state index contributed by atoms with van der Waals surface area (Å²) in [5, 5.41) is 13.0. The van der Waals surface area contributed by atoms with Crippen LogP contribution in [0.1, 0.15) is 17.0 Å². The van der Waals surface area contributed by atoms with Crippen molar-refractivity contribution in [3.63, 3.8) is 0 Å². The van der Waals surface area contributed by atoms with Crippen LogP contribution >= 0.6 is 0 Å². The minimum atomic E-state index is -0.301. The zero-order valence-corrected chi connectivity index (χ0v) is 10.4. The summed E-state index contributed by atoms with van der Waals surface area (Å²) >= 11 is 0. The number of H-pyrrole nitrogens is 1. The van der Waals surface area contributed by atoms with E-state index >= 15 is 0 Å². The van der Waals surface area contributed by atoms with Crippen molar-refractivity contribution < 1.29 is 14.1 Å². The third-order valence-electron chi connectivity index (χ3n) is 2.47. The average Bonchev–Trinajstić information content (AvgIpc) is 2.88. The quantitative estimate of drug-likeness (QED) is 0.854. The van der Waals surface area contributed by atoms with Gasteiger partial charge in [0.15, 0.2) is 12.4 Å². The minimum Gasteiger partial charge on any atom is -0.465 e. The topological polar surface area (TPSA) is 93.0 Å². The van der Waals surface area contributed by atoms with Crippen LogP contribution in [0.25, 0.3) is 0 Å². The molecule has 0 radical (unpaired) electrons. The Labute approximate surface area is 104 Å². The number of hydrogen-bond acceptors (Lipinski definition) is 5. The highest BCUT2D eigenvalue weighted by molar-refractivity contribution is 5.91. The number of hydrogen-bond donors (Lipinski definition) is 2. The van der Waals surface area contributed by atoms with E-state index in [4.69, 9.17) is 9.26 Å². The molecular weight excluding hydrogens is 236 g/mol. The Bertz CT molecular complexity index is 558. The molecule has 0 aromatic carbocycles. The van der Waals surface area contributed by atoms with E-state index in [0.29, 0.717) is 11.6 Å². The molecule has 0 aliphatic rings. The van der Waals surface area contributed by atoms with Gasteiger partial charge < -0.3 is 14.6 Å². The first-order chi connectivity index (χ1) is 8.56. The Balaban J connectivity index is 1.87. The molecule has 2 aromatic rings. The highest BCUT2D eigenvalue weighted by atomic mass is 16.5. The van der Waals surface area contributed by atoms with Crippen molar-refractivity contribution >= 4 is 11.7 Å². The summed E-state index contributed by atoms with van der Waals surface area (Å²) in [6.07, 6.45) is 0. The SMILES string of the molecule is Cc1cc(OCC(=O)Nc2n[nH]c(C)c2C)no1. The number of amides is 1. The second-order valence-electron chi connectivity index (χ2n) is 3.93. The Morgan fingerprint density at radius 1 is 1.50 bits per heavy atom. The fourth-order valence-corrected chi connectivity index (χ4v) is 1.33. The van der Waals surface area contributed by atoms with Crippen LogP contribution in [0.15, 0.2) is 10.6 Å². The zero-order valence-electron chi connectivity index (χ0n) is 10.4. The Morgan fingerprint density at radius 3 is 2.83 bits per heavy atom. The zero-order chi connectivity index (χ0) is 13.1. The van der Waals surface area contributed by atoms with Gasteiger partial charge in [-0.15, -0.1) is 0 Å². The fourth-order valence-electron chi connectivity index (χ4n) is 1.33. The van der Waals surface area contributed by atoms with E-state index in [1.54, 1.807) is 13.0 Å². The first-order valence-electron chi connectivity index (χ1n) is 5.44.